The van der Waals surface area contributed by atoms with Crippen LogP contribution in [0.3, 0.4) is 0 Å². The second-order valence-electron chi connectivity index (χ2n) is 6.08. The molecule has 1 aliphatic heterocycles. The zero-order valence-corrected chi connectivity index (χ0v) is 13.7. The quantitative estimate of drug-likeness (QED) is 0.799. The van der Waals surface area contributed by atoms with Gasteiger partial charge in [0.05, 0.1) is 0 Å². The van der Waals surface area contributed by atoms with Gasteiger partial charge in [-0.1, -0.05) is 6.07 Å². The summed E-state index contributed by atoms with van der Waals surface area (Å²) in [7, 11) is 0. The average molecular weight is 333 g/mol. The monoisotopic (exact) mass is 333 g/mol. The van der Waals surface area contributed by atoms with Crippen LogP contribution < -0.4 is 15.4 Å². The second kappa shape index (κ2) is 7.30. The number of ether oxygens (including phenoxy) is 1. The number of carbonyl (C=O) groups excluding carboxylic acids is 2. The lowest BCUT2D eigenvalue weighted by molar-refractivity contribution is -0.148. The summed E-state index contributed by atoms with van der Waals surface area (Å²) < 4.78 is 19.2. The summed E-state index contributed by atoms with van der Waals surface area (Å²) in [6.07, 6.45) is 0.962. The number of hydrogen-bond acceptors (Lipinski definition) is 4. The molecule has 1 saturated heterocycles. The van der Waals surface area contributed by atoms with E-state index in [4.69, 9.17) is 10.00 Å². The number of halogens is 1. The van der Waals surface area contributed by atoms with Crippen molar-refractivity contribution < 1.29 is 18.7 Å². The predicted molar refractivity (Wildman–Crippen MR) is 84.6 cm³/mol. The molecule has 2 amide bonds. The van der Waals surface area contributed by atoms with Gasteiger partial charge in [0.2, 0.25) is 11.8 Å². The maximum absolute atomic E-state index is 13.7. The highest BCUT2D eigenvalue weighted by Crippen LogP contribution is 2.30. The van der Waals surface area contributed by atoms with Gasteiger partial charge < -0.3 is 15.4 Å². The Bertz CT molecular complexity index is 684. The number of amides is 2. The van der Waals surface area contributed by atoms with E-state index >= 15 is 0 Å². The minimum absolute atomic E-state index is 0.0209. The van der Waals surface area contributed by atoms with Crippen molar-refractivity contribution in [2.75, 3.05) is 13.2 Å². The highest BCUT2D eigenvalue weighted by atomic mass is 19.1. The van der Waals surface area contributed by atoms with Crippen LogP contribution in [-0.4, -0.2) is 31.0 Å². The Kier molecular flexibility index (Phi) is 5.39. The Labute approximate surface area is 140 Å². The van der Waals surface area contributed by atoms with E-state index in [0.717, 1.165) is 6.07 Å². The van der Waals surface area contributed by atoms with Crippen LogP contribution in [0.2, 0.25) is 0 Å². The molecule has 1 aromatic carbocycles. The third kappa shape index (κ3) is 3.48. The Balaban J connectivity index is 2.27. The van der Waals surface area contributed by atoms with Gasteiger partial charge in [0.25, 0.3) is 0 Å². The Morgan fingerprint density at radius 1 is 1.54 bits per heavy atom. The summed E-state index contributed by atoms with van der Waals surface area (Å²) in [4.78, 5) is 25.0. The molecule has 1 fully saturated rings. The summed E-state index contributed by atoms with van der Waals surface area (Å²) in [5.41, 5.74) is -1.63. The number of nitrogens with zero attached hydrogens (tertiary/aromatic N) is 1. The van der Waals surface area contributed by atoms with Crippen molar-refractivity contribution in [3.63, 3.8) is 0 Å². The molecular formula is C17H20FN3O3. The van der Waals surface area contributed by atoms with Crippen molar-refractivity contribution in [1.82, 2.24) is 10.6 Å². The van der Waals surface area contributed by atoms with Crippen molar-refractivity contribution in [1.29, 1.82) is 5.26 Å². The van der Waals surface area contributed by atoms with E-state index in [1.54, 1.807) is 19.9 Å². The van der Waals surface area contributed by atoms with Gasteiger partial charge in [-0.05, 0) is 38.8 Å². The first-order valence-electron chi connectivity index (χ1n) is 7.81. The molecule has 2 N–H and O–H groups in total. The van der Waals surface area contributed by atoms with Crippen LogP contribution in [0.1, 0.15) is 32.3 Å². The van der Waals surface area contributed by atoms with Crippen LogP contribution in [0.25, 0.3) is 0 Å². The first kappa shape index (κ1) is 17.7. The van der Waals surface area contributed by atoms with E-state index in [1.165, 1.54) is 12.1 Å². The summed E-state index contributed by atoms with van der Waals surface area (Å²) in [5.74, 6) is -1.53. The minimum Gasteiger partial charge on any atom is -0.490 e. The van der Waals surface area contributed by atoms with Crippen LogP contribution in [-0.2, 0) is 9.59 Å². The molecule has 0 aliphatic carbocycles. The Morgan fingerprint density at radius 3 is 2.92 bits per heavy atom. The zero-order chi connectivity index (χ0) is 17.7. The smallest absolute Gasteiger partial charge is 0.239 e. The van der Waals surface area contributed by atoms with E-state index in [9.17, 15) is 14.0 Å². The van der Waals surface area contributed by atoms with Crippen molar-refractivity contribution in [3.05, 3.63) is 29.6 Å². The molecule has 1 atom stereocenters. The molecular weight excluding hydrogens is 313 g/mol. The normalized spacial score (nSPS) is 20.2. The van der Waals surface area contributed by atoms with Crippen molar-refractivity contribution in [3.8, 4) is 11.8 Å². The molecule has 1 aromatic rings. The molecule has 6 nitrogen and oxygen atoms in total. The maximum atomic E-state index is 13.7. The van der Waals surface area contributed by atoms with Gasteiger partial charge in [-0.2, -0.15) is 5.26 Å². The van der Waals surface area contributed by atoms with Crippen molar-refractivity contribution in [2.24, 2.45) is 5.41 Å². The highest BCUT2D eigenvalue weighted by molar-refractivity contribution is 6.05. The molecule has 1 heterocycles. The fourth-order valence-corrected chi connectivity index (χ4v) is 2.63. The molecule has 1 aliphatic rings. The van der Waals surface area contributed by atoms with Crippen molar-refractivity contribution in [2.45, 2.75) is 32.7 Å². The molecule has 2 rings (SSSR count). The van der Waals surface area contributed by atoms with E-state index < -0.39 is 23.0 Å². The number of nitriles is 1. The third-order valence-electron chi connectivity index (χ3n) is 3.92. The summed E-state index contributed by atoms with van der Waals surface area (Å²) in [6.45, 7) is 3.84. The molecule has 7 heteroatoms. The van der Waals surface area contributed by atoms with Gasteiger partial charge >= 0.3 is 0 Å². The van der Waals surface area contributed by atoms with E-state index in [0.29, 0.717) is 19.4 Å². The van der Waals surface area contributed by atoms with Crippen LogP contribution in [0.5, 0.6) is 5.75 Å². The lowest BCUT2D eigenvalue weighted by Gasteiger charge is -2.35. The summed E-state index contributed by atoms with van der Waals surface area (Å²) in [6, 6.07) is 5.61. The third-order valence-corrected chi connectivity index (χ3v) is 3.92. The molecule has 0 bridgehead atoms. The molecule has 0 saturated carbocycles. The van der Waals surface area contributed by atoms with E-state index in [2.05, 4.69) is 10.6 Å². The fraction of sp³-hybridized carbons (Fsp3) is 0.471. The molecule has 0 radical (unpaired) electrons. The van der Waals surface area contributed by atoms with Gasteiger partial charge in [0.15, 0.2) is 5.41 Å². The number of piperidine rings is 1. The number of nitrogens with one attached hydrogen (secondary N) is 2. The molecule has 1 unspecified atom stereocenters. The van der Waals surface area contributed by atoms with Crippen LogP contribution in [0.4, 0.5) is 4.39 Å². The first-order chi connectivity index (χ1) is 11.4. The fourth-order valence-electron chi connectivity index (χ4n) is 2.63. The lowest BCUT2D eigenvalue weighted by atomic mass is 9.79. The number of benzene rings is 1. The van der Waals surface area contributed by atoms with Crippen molar-refractivity contribution >= 4 is 11.8 Å². The van der Waals surface area contributed by atoms with Crippen LogP contribution in [0, 0.1) is 22.6 Å². The van der Waals surface area contributed by atoms with Gasteiger partial charge in [-0.15, -0.1) is 0 Å². The number of carbonyl (C=O) groups is 2. The van der Waals surface area contributed by atoms with Gasteiger partial charge in [0, 0.05) is 12.6 Å². The highest BCUT2D eigenvalue weighted by Gasteiger charge is 2.48. The molecule has 0 aromatic heterocycles. The summed E-state index contributed by atoms with van der Waals surface area (Å²) >= 11 is 0. The SMILES string of the molecule is CC(C)NC(=O)C1(COc2cccc(F)c2C#N)CCCNC1=O. The van der Waals surface area contributed by atoms with Crippen LogP contribution >= 0.6 is 0 Å². The molecule has 128 valence electrons. The Morgan fingerprint density at radius 2 is 2.29 bits per heavy atom. The molecule has 0 spiro atoms. The maximum Gasteiger partial charge on any atom is 0.239 e. The Hall–Kier alpha value is -2.62. The number of rotatable bonds is 5. The topological polar surface area (TPSA) is 91.2 Å². The van der Waals surface area contributed by atoms with Gasteiger partial charge in [0.1, 0.15) is 29.8 Å². The van der Waals surface area contributed by atoms with Gasteiger partial charge in [-0.25, -0.2) is 4.39 Å². The zero-order valence-electron chi connectivity index (χ0n) is 13.7. The second-order valence-corrected chi connectivity index (χ2v) is 6.08. The first-order valence-corrected chi connectivity index (χ1v) is 7.81. The predicted octanol–water partition coefficient (Wildman–Crippen LogP) is 1.50. The number of hydrogen-bond donors (Lipinski definition) is 2. The standard InChI is InChI=1S/C17H20FN3O3/c1-11(2)21-16(23)17(7-4-8-20-15(17)22)10-24-14-6-3-5-13(18)12(14)9-19/h3,5-6,11H,4,7-8,10H2,1-2H3,(H,20,22)(H,21,23). The largest absolute Gasteiger partial charge is 0.490 e. The van der Waals surface area contributed by atoms with E-state index in [1.807, 2.05) is 0 Å². The van der Waals surface area contributed by atoms with Gasteiger partial charge in [-0.3, -0.25) is 9.59 Å². The minimum atomic E-state index is -1.39. The average Bonchev–Trinajstić information content (AvgIpc) is 2.53. The van der Waals surface area contributed by atoms with E-state index in [-0.39, 0.29) is 24.0 Å². The molecule has 24 heavy (non-hydrogen) atoms. The summed E-state index contributed by atoms with van der Waals surface area (Å²) in [5, 5.41) is 14.5. The van der Waals surface area contributed by atoms with Crippen LogP contribution in [0.15, 0.2) is 18.2 Å². The lowest BCUT2D eigenvalue weighted by Crippen LogP contribution is -2.58.